The van der Waals surface area contributed by atoms with E-state index in [2.05, 4.69) is 32.0 Å². The van der Waals surface area contributed by atoms with Crippen molar-refractivity contribution in [3.8, 4) is 0 Å². The molecule has 21 heavy (non-hydrogen) atoms. The number of fused-ring (bicyclic) bond motifs is 3. The van der Waals surface area contributed by atoms with Crippen LogP contribution in [0.2, 0.25) is 0 Å². The highest BCUT2D eigenvalue weighted by Gasteiger charge is 2.58. The fourth-order valence-corrected chi connectivity index (χ4v) is 3.68. The smallest absolute Gasteiger partial charge is 0.265 e. The van der Waals surface area contributed by atoms with Gasteiger partial charge in [0.1, 0.15) is 6.61 Å². The summed E-state index contributed by atoms with van der Waals surface area (Å²) in [5.74, 6) is 0.362. The molecule has 0 radical (unpaired) electrons. The van der Waals surface area contributed by atoms with Gasteiger partial charge in [0.05, 0.1) is 19.1 Å². The summed E-state index contributed by atoms with van der Waals surface area (Å²) in [5.41, 5.74) is 2.47. The zero-order valence-electron chi connectivity index (χ0n) is 12.8. The molecule has 0 aliphatic carbocycles. The third-order valence-electron chi connectivity index (χ3n) is 4.87. The van der Waals surface area contributed by atoms with Crippen LogP contribution in [0.25, 0.3) is 0 Å². The first kappa shape index (κ1) is 14.5. The molecule has 0 amide bonds. The number of likely N-dealkylation sites (tertiary alicyclic amines) is 1. The van der Waals surface area contributed by atoms with Gasteiger partial charge in [-0.3, -0.25) is 15.0 Å². The fourth-order valence-electron chi connectivity index (χ4n) is 3.68. The Morgan fingerprint density at radius 2 is 2.24 bits per heavy atom. The van der Waals surface area contributed by atoms with Crippen LogP contribution in [-0.4, -0.2) is 42.1 Å². The van der Waals surface area contributed by atoms with Crippen LogP contribution in [0.15, 0.2) is 18.2 Å². The number of ether oxygens (including phenoxy) is 1. The molecule has 2 heterocycles. The van der Waals surface area contributed by atoms with Gasteiger partial charge in [0.25, 0.3) is 5.54 Å². The quantitative estimate of drug-likeness (QED) is 0.620. The summed E-state index contributed by atoms with van der Waals surface area (Å²) in [5, 5.41) is 11.7. The standard InChI is InChI=1S/C16H22N2O3/c1-11(2)12-4-5-14-13(6-12)8-21-10-16(18(19)20)9-17(3)7-15(14)16/h4-6,11,15H,7-10H2,1-3H3/t15-,16-/m0/s1. The van der Waals surface area contributed by atoms with Gasteiger partial charge in [-0.1, -0.05) is 32.0 Å². The van der Waals surface area contributed by atoms with E-state index in [1.165, 1.54) is 5.56 Å². The van der Waals surface area contributed by atoms with Crippen molar-refractivity contribution >= 4 is 0 Å². The van der Waals surface area contributed by atoms with E-state index in [1.807, 2.05) is 11.9 Å². The Morgan fingerprint density at radius 1 is 1.48 bits per heavy atom. The van der Waals surface area contributed by atoms with E-state index < -0.39 is 5.54 Å². The summed E-state index contributed by atoms with van der Waals surface area (Å²) in [6.45, 7) is 6.16. The zero-order chi connectivity index (χ0) is 15.2. The summed E-state index contributed by atoms with van der Waals surface area (Å²) in [4.78, 5) is 13.7. The normalized spacial score (nSPS) is 29.0. The number of likely N-dealkylation sites (N-methyl/N-ethyl adjacent to an activating group) is 1. The molecule has 114 valence electrons. The molecule has 1 aromatic rings. The Morgan fingerprint density at radius 3 is 2.90 bits per heavy atom. The van der Waals surface area contributed by atoms with E-state index in [9.17, 15) is 10.1 Å². The van der Waals surface area contributed by atoms with E-state index in [1.54, 1.807) is 0 Å². The van der Waals surface area contributed by atoms with Crippen LogP contribution in [0, 0.1) is 10.1 Å². The predicted molar refractivity (Wildman–Crippen MR) is 80.2 cm³/mol. The number of nitrogens with zero attached hydrogens (tertiary/aromatic N) is 2. The minimum atomic E-state index is -1.00. The highest BCUT2D eigenvalue weighted by molar-refractivity contribution is 5.39. The van der Waals surface area contributed by atoms with Crippen LogP contribution in [0.4, 0.5) is 0 Å². The number of rotatable bonds is 2. The summed E-state index contributed by atoms with van der Waals surface area (Å²) < 4.78 is 5.71. The Hall–Kier alpha value is -1.46. The van der Waals surface area contributed by atoms with Crippen molar-refractivity contribution in [2.75, 3.05) is 26.7 Å². The number of hydrogen-bond acceptors (Lipinski definition) is 4. The average molecular weight is 290 g/mol. The van der Waals surface area contributed by atoms with Crippen molar-refractivity contribution in [2.45, 2.75) is 37.8 Å². The molecule has 5 nitrogen and oxygen atoms in total. The Labute approximate surface area is 125 Å². The van der Waals surface area contributed by atoms with Gasteiger partial charge in [0.15, 0.2) is 0 Å². The molecule has 3 rings (SSSR count). The summed E-state index contributed by atoms with van der Waals surface area (Å²) in [7, 11) is 1.95. The lowest BCUT2D eigenvalue weighted by Crippen LogP contribution is -2.48. The van der Waals surface area contributed by atoms with Crippen molar-refractivity contribution in [1.82, 2.24) is 4.90 Å². The SMILES string of the molecule is CC(C)c1ccc2c(c1)COC[C@@]1([N+](=O)[O-])CN(C)C[C@@H]21. The van der Waals surface area contributed by atoms with Crippen LogP contribution in [-0.2, 0) is 11.3 Å². The van der Waals surface area contributed by atoms with Crippen molar-refractivity contribution in [3.63, 3.8) is 0 Å². The minimum absolute atomic E-state index is 0.0868. The lowest BCUT2D eigenvalue weighted by molar-refractivity contribution is -0.573. The maximum Gasteiger partial charge on any atom is 0.265 e. The molecule has 2 atom stereocenters. The van der Waals surface area contributed by atoms with Gasteiger partial charge in [0, 0.05) is 11.5 Å². The molecule has 0 bridgehead atoms. The first-order valence-electron chi connectivity index (χ1n) is 7.47. The van der Waals surface area contributed by atoms with E-state index in [-0.39, 0.29) is 17.4 Å². The molecule has 0 aromatic heterocycles. The minimum Gasteiger partial charge on any atom is -0.369 e. The molecule has 0 N–H and O–H groups in total. The number of hydrogen-bond donors (Lipinski definition) is 0. The van der Waals surface area contributed by atoms with Gasteiger partial charge in [-0.15, -0.1) is 0 Å². The van der Waals surface area contributed by atoms with Crippen LogP contribution in [0.5, 0.6) is 0 Å². The molecule has 2 aliphatic heterocycles. The van der Waals surface area contributed by atoms with Gasteiger partial charge in [-0.2, -0.15) is 0 Å². The number of nitro groups is 1. The highest BCUT2D eigenvalue weighted by atomic mass is 16.6. The predicted octanol–water partition coefficient (Wildman–Crippen LogP) is 2.38. The fraction of sp³-hybridized carbons (Fsp3) is 0.625. The zero-order valence-corrected chi connectivity index (χ0v) is 12.8. The second-order valence-corrected chi connectivity index (χ2v) is 6.72. The molecule has 5 heteroatoms. The van der Waals surface area contributed by atoms with E-state index in [0.717, 1.165) is 17.7 Å². The van der Waals surface area contributed by atoms with Crippen molar-refractivity contribution in [2.24, 2.45) is 0 Å². The molecular formula is C16H22N2O3. The Kier molecular flexibility index (Phi) is 3.50. The van der Waals surface area contributed by atoms with Gasteiger partial charge in [-0.25, -0.2) is 0 Å². The molecule has 1 fully saturated rings. The van der Waals surface area contributed by atoms with Gasteiger partial charge >= 0.3 is 0 Å². The third kappa shape index (κ3) is 2.24. The van der Waals surface area contributed by atoms with Crippen molar-refractivity contribution in [3.05, 3.63) is 45.0 Å². The topological polar surface area (TPSA) is 55.6 Å². The largest absolute Gasteiger partial charge is 0.369 e. The van der Waals surface area contributed by atoms with Gasteiger partial charge < -0.3 is 4.74 Å². The lowest BCUT2D eigenvalue weighted by Gasteiger charge is -2.24. The summed E-state index contributed by atoms with van der Waals surface area (Å²) >= 11 is 0. The van der Waals surface area contributed by atoms with E-state index >= 15 is 0 Å². The van der Waals surface area contributed by atoms with Crippen LogP contribution in [0.1, 0.15) is 42.4 Å². The van der Waals surface area contributed by atoms with Crippen LogP contribution >= 0.6 is 0 Å². The second kappa shape index (κ2) is 5.07. The summed E-state index contributed by atoms with van der Waals surface area (Å²) in [6.07, 6.45) is 0. The molecule has 0 unspecified atom stereocenters. The van der Waals surface area contributed by atoms with Crippen molar-refractivity contribution in [1.29, 1.82) is 0 Å². The average Bonchev–Trinajstić information content (AvgIpc) is 2.68. The molecule has 1 aromatic carbocycles. The first-order valence-corrected chi connectivity index (χ1v) is 7.47. The van der Waals surface area contributed by atoms with Crippen molar-refractivity contribution < 1.29 is 9.66 Å². The Bertz CT molecular complexity index is 573. The maximum absolute atomic E-state index is 11.7. The van der Waals surface area contributed by atoms with E-state index in [4.69, 9.17) is 4.74 Å². The summed E-state index contributed by atoms with van der Waals surface area (Å²) in [6, 6.07) is 6.35. The van der Waals surface area contributed by atoms with Gasteiger partial charge in [0.2, 0.25) is 0 Å². The third-order valence-corrected chi connectivity index (χ3v) is 4.87. The monoisotopic (exact) mass is 290 g/mol. The molecule has 2 aliphatic rings. The lowest BCUT2D eigenvalue weighted by atomic mass is 9.81. The maximum atomic E-state index is 11.7. The molecule has 0 saturated carbocycles. The van der Waals surface area contributed by atoms with E-state index in [0.29, 0.717) is 19.1 Å². The highest BCUT2D eigenvalue weighted by Crippen LogP contribution is 2.42. The molecule has 1 saturated heterocycles. The van der Waals surface area contributed by atoms with Crippen LogP contribution < -0.4 is 0 Å². The second-order valence-electron chi connectivity index (χ2n) is 6.72. The van der Waals surface area contributed by atoms with Gasteiger partial charge in [-0.05, 0) is 29.7 Å². The Balaban J connectivity index is 2.09. The van der Waals surface area contributed by atoms with Crippen LogP contribution in [0.3, 0.4) is 0 Å². The molecule has 0 spiro atoms. The molecular weight excluding hydrogens is 268 g/mol. The number of benzene rings is 1. The first-order chi connectivity index (χ1) is 9.94.